The Balaban J connectivity index is 1.25. The standard InChI is InChI=1S/C32H36N10O4/c1-2-23-37-29(41-40-23)26-25(44)27(45-18-43)31(46-26)42-17-35-24-28(38-32(39-30(24)42)36-21-13-14-33-15-21)34-16-22(19-9-5-3-6-10-19)20-11-7-4-8-12-20/h3-12,17-18,21-22,25-27,31,33,44H,2,13-16H2,1H3,(H,37,40,41)(H2,34,36,38,39)/t21-,25-,26+,27-,31-/m1/s1. The van der Waals surface area contributed by atoms with Crippen molar-refractivity contribution in [2.75, 3.05) is 30.3 Å². The minimum Gasteiger partial charge on any atom is -0.457 e. The fourth-order valence-electron chi connectivity index (χ4n) is 6.14. The van der Waals surface area contributed by atoms with E-state index in [1.165, 1.54) is 11.1 Å². The van der Waals surface area contributed by atoms with Gasteiger partial charge in [-0.3, -0.25) is 14.5 Å². The number of H-pyrrole nitrogens is 1. The van der Waals surface area contributed by atoms with E-state index in [1.807, 2.05) is 43.3 Å². The van der Waals surface area contributed by atoms with Crippen LogP contribution in [-0.2, 0) is 20.7 Å². The summed E-state index contributed by atoms with van der Waals surface area (Å²) in [4.78, 5) is 30.4. The fraction of sp³-hybridized carbons (Fsp3) is 0.375. The number of nitrogens with zero attached hydrogens (tertiary/aromatic N) is 6. The lowest BCUT2D eigenvalue weighted by Gasteiger charge is -2.21. The van der Waals surface area contributed by atoms with Crippen LogP contribution in [0.5, 0.6) is 0 Å². The van der Waals surface area contributed by atoms with Gasteiger partial charge >= 0.3 is 0 Å². The molecule has 0 amide bonds. The van der Waals surface area contributed by atoms with Gasteiger partial charge in [0, 0.05) is 31.5 Å². The minimum atomic E-state index is -1.23. The highest BCUT2D eigenvalue weighted by Gasteiger charge is 2.49. The molecule has 7 rings (SSSR count). The van der Waals surface area contributed by atoms with E-state index in [2.05, 4.69) is 60.4 Å². The molecule has 2 aliphatic heterocycles. The van der Waals surface area contributed by atoms with Gasteiger partial charge in [-0.05, 0) is 24.1 Å². The van der Waals surface area contributed by atoms with Crippen molar-refractivity contribution >= 4 is 29.4 Å². The number of nitrogens with one attached hydrogen (secondary N) is 4. The number of aliphatic hydroxyl groups is 1. The second kappa shape index (κ2) is 13.2. The number of carbonyl (C=O) groups is 1. The van der Waals surface area contributed by atoms with Gasteiger partial charge in [-0.25, -0.2) is 9.97 Å². The Morgan fingerprint density at radius 1 is 1.11 bits per heavy atom. The van der Waals surface area contributed by atoms with Crippen LogP contribution < -0.4 is 16.0 Å². The second-order valence-electron chi connectivity index (χ2n) is 11.4. The number of aromatic amines is 1. The molecule has 0 spiro atoms. The van der Waals surface area contributed by atoms with Crippen molar-refractivity contribution in [2.45, 2.75) is 56.3 Å². The SMILES string of the molecule is CCc1nc([C@H]2O[C@@H](n3cnc4c(NCC(c5ccccc5)c5ccccc5)nc(N[C@@H]5CCNC5)nc43)[C@H](OC=O)[C@@H]2O)n[nH]1. The molecular weight excluding hydrogens is 588 g/mol. The fourth-order valence-corrected chi connectivity index (χ4v) is 6.14. The first-order chi connectivity index (χ1) is 22.6. The van der Waals surface area contributed by atoms with Gasteiger partial charge in [-0.1, -0.05) is 67.6 Å². The van der Waals surface area contributed by atoms with Crippen LogP contribution in [-0.4, -0.2) is 84.2 Å². The summed E-state index contributed by atoms with van der Waals surface area (Å²) in [5, 5.41) is 28.7. The quantitative estimate of drug-likeness (QED) is 0.129. The number of benzene rings is 2. The van der Waals surface area contributed by atoms with Gasteiger partial charge in [-0.2, -0.15) is 15.1 Å². The molecule has 0 aliphatic carbocycles. The summed E-state index contributed by atoms with van der Waals surface area (Å²) in [7, 11) is 0. The second-order valence-corrected chi connectivity index (χ2v) is 11.4. The molecule has 2 aliphatic rings. The third-order valence-electron chi connectivity index (χ3n) is 8.53. The molecule has 2 fully saturated rings. The van der Waals surface area contributed by atoms with Crippen molar-refractivity contribution in [3.05, 3.63) is 89.8 Å². The summed E-state index contributed by atoms with van der Waals surface area (Å²) >= 11 is 0. The highest BCUT2D eigenvalue weighted by Crippen LogP contribution is 2.40. The topological polar surface area (TPSA) is 177 Å². The van der Waals surface area contributed by atoms with E-state index in [9.17, 15) is 9.90 Å². The number of fused-ring (bicyclic) bond motifs is 1. The Hall–Kier alpha value is -4.92. The van der Waals surface area contributed by atoms with Gasteiger partial charge in [0.25, 0.3) is 6.47 Å². The van der Waals surface area contributed by atoms with Crippen LogP contribution >= 0.6 is 0 Å². The van der Waals surface area contributed by atoms with Gasteiger partial charge in [-0.15, -0.1) is 0 Å². The van der Waals surface area contributed by atoms with E-state index in [4.69, 9.17) is 19.4 Å². The van der Waals surface area contributed by atoms with Gasteiger partial charge in [0.05, 0.1) is 6.33 Å². The Bertz CT molecular complexity index is 1720. The molecule has 5 atom stereocenters. The van der Waals surface area contributed by atoms with Crippen molar-refractivity contribution in [3.63, 3.8) is 0 Å². The molecule has 5 heterocycles. The van der Waals surface area contributed by atoms with Crippen LogP contribution in [0.15, 0.2) is 67.0 Å². The number of aryl methyl sites for hydroxylation is 1. The van der Waals surface area contributed by atoms with Crippen LogP contribution in [0.2, 0.25) is 0 Å². The Kier molecular flexibility index (Phi) is 8.55. The molecule has 5 N–H and O–H groups in total. The number of aliphatic hydroxyl groups excluding tert-OH is 1. The molecule has 2 aromatic carbocycles. The van der Waals surface area contributed by atoms with Gasteiger partial charge in [0.2, 0.25) is 5.95 Å². The lowest BCUT2D eigenvalue weighted by molar-refractivity contribution is -0.142. The summed E-state index contributed by atoms with van der Waals surface area (Å²) < 4.78 is 13.3. The number of aromatic nitrogens is 7. The Morgan fingerprint density at radius 2 is 1.87 bits per heavy atom. The van der Waals surface area contributed by atoms with E-state index < -0.39 is 24.5 Å². The molecule has 14 nitrogen and oxygen atoms in total. The molecule has 0 unspecified atom stereocenters. The number of anilines is 2. The Morgan fingerprint density at radius 3 is 2.52 bits per heavy atom. The molecule has 14 heteroatoms. The summed E-state index contributed by atoms with van der Waals surface area (Å²) in [6.07, 6.45) is -1.06. The van der Waals surface area contributed by atoms with Crippen molar-refractivity contribution < 1.29 is 19.4 Å². The zero-order chi connectivity index (χ0) is 31.5. The van der Waals surface area contributed by atoms with Crippen molar-refractivity contribution in [1.29, 1.82) is 0 Å². The molecule has 238 valence electrons. The average Bonchev–Trinajstić information content (AvgIpc) is 3.91. The van der Waals surface area contributed by atoms with Crippen LogP contribution in [0, 0.1) is 0 Å². The molecule has 5 aromatic rings. The molecule has 46 heavy (non-hydrogen) atoms. The monoisotopic (exact) mass is 624 g/mol. The van der Waals surface area contributed by atoms with Gasteiger partial charge in [0.15, 0.2) is 41.2 Å². The van der Waals surface area contributed by atoms with Gasteiger partial charge < -0.3 is 30.5 Å². The Labute approximate surface area is 265 Å². The summed E-state index contributed by atoms with van der Waals surface area (Å²) in [6.45, 7) is 4.48. The number of hydrogen-bond donors (Lipinski definition) is 5. The summed E-state index contributed by atoms with van der Waals surface area (Å²) in [5.74, 6) is 1.93. The van der Waals surface area contributed by atoms with E-state index >= 15 is 0 Å². The van der Waals surface area contributed by atoms with Crippen molar-refractivity contribution in [1.82, 2.24) is 40.0 Å². The first-order valence-electron chi connectivity index (χ1n) is 15.5. The lowest BCUT2D eigenvalue weighted by atomic mass is 9.91. The van der Waals surface area contributed by atoms with Crippen molar-refractivity contribution in [3.8, 4) is 0 Å². The van der Waals surface area contributed by atoms with E-state index in [-0.39, 0.29) is 17.8 Å². The molecule has 0 bridgehead atoms. The highest BCUT2D eigenvalue weighted by molar-refractivity contribution is 5.84. The maximum atomic E-state index is 11.6. The van der Waals surface area contributed by atoms with Crippen molar-refractivity contribution in [2.24, 2.45) is 0 Å². The smallest absolute Gasteiger partial charge is 0.293 e. The van der Waals surface area contributed by atoms with Crippen LogP contribution in [0.1, 0.15) is 54.4 Å². The predicted molar refractivity (Wildman–Crippen MR) is 169 cm³/mol. The zero-order valence-corrected chi connectivity index (χ0v) is 25.3. The first kappa shape index (κ1) is 29.8. The van der Waals surface area contributed by atoms with E-state index in [0.717, 1.165) is 19.5 Å². The first-order valence-corrected chi connectivity index (χ1v) is 15.5. The molecular formula is C32H36N10O4. The number of ether oxygens (including phenoxy) is 2. The average molecular weight is 625 g/mol. The largest absolute Gasteiger partial charge is 0.457 e. The highest BCUT2D eigenvalue weighted by atomic mass is 16.6. The lowest BCUT2D eigenvalue weighted by Crippen LogP contribution is -2.32. The normalized spacial score (nSPS) is 22.8. The van der Waals surface area contributed by atoms with Crippen LogP contribution in [0.25, 0.3) is 11.2 Å². The number of hydrogen-bond acceptors (Lipinski definition) is 12. The van der Waals surface area contributed by atoms with E-state index in [1.54, 1.807) is 10.9 Å². The van der Waals surface area contributed by atoms with Crippen LogP contribution in [0.3, 0.4) is 0 Å². The third-order valence-corrected chi connectivity index (χ3v) is 8.53. The summed E-state index contributed by atoms with van der Waals surface area (Å²) in [5.41, 5.74) is 3.29. The maximum absolute atomic E-state index is 11.6. The molecule has 3 aromatic heterocycles. The predicted octanol–water partition coefficient (Wildman–Crippen LogP) is 2.70. The van der Waals surface area contributed by atoms with Gasteiger partial charge in [0.1, 0.15) is 11.9 Å². The van der Waals surface area contributed by atoms with E-state index in [0.29, 0.717) is 48.2 Å². The number of rotatable bonds is 12. The van der Waals surface area contributed by atoms with Crippen LogP contribution in [0.4, 0.5) is 11.8 Å². The minimum absolute atomic E-state index is 0.0405. The number of carbonyl (C=O) groups excluding carboxylic acids is 1. The molecule has 0 radical (unpaired) electrons. The third kappa shape index (κ3) is 5.89. The molecule has 0 saturated carbocycles. The molecule has 2 saturated heterocycles. The maximum Gasteiger partial charge on any atom is 0.293 e. The zero-order valence-electron chi connectivity index (χ0n) is 25.3. The summed E-state index contributed by atoms with van der Waals surface area (Å²) in [6, 6.07) is 20.8. The number of imidazole rings is 1.